The van der Waals surface area contributed by atoms with Crippen LogP contribution in [0, 0.1) is 0 Å². The molecule has 0 radical (unpaired) electrons. The molecule has 1 heterocycles. The molecular formula is C11H16N4O. The first-order valence-corrected chi connectivity index (χ1v) is 5.11. The third kappa shape index (κ3) is 3.68. The maximum absolute atomic E-state index is 11.6. The first kappa shape index (κ1) is 12.2. The van der Waals surface area contributed by atoms with Gasteiger partial charge in [0.05, 0.1) is 0 Å². The molecule has 2 N–H and O–H groups in total. The summed E-state index contributed by atoms with van der Waals surface area (Å²) in [6.45, 7) is 7.95. The number of hydrogen-bond donors (Lipinski definition) is 2. The van der Waals surface area contributed by atoms with E-state index in [4.69, 9.17) is 0 Å². The van der Waals surface area contributed by atoms with Crippen LogP contribution < -0.4 is 10.6 Å². The molecule has 1 amide bonds. The number of nitrogens with one attached hydrogen (secondary N) is 2. The fourth-order valence-corrected chi connectivity index (χ4v) is 1.11. The van der Waals surface area contributed by atoms with E-state index in [0.717, 1.165) is 0 Å². The van der Waals surface area contributed by atoms with Crippen molar-refractivity contribution < 1.29 is 4.79 Å². The largest absolute Gasteiger partial charge is 0.368 e. The SMILES string of the molecule is C=CCNC(=O)c1cc(NC(C)C)ncn1. The number of anilines is 1. The molecule has 1 aromatic heterocycles. The predicted octanol–water partition coefficient (Wildman–Crippen LogP) is 1.21. The van der Waals surface area contributed by atoms with E-state index >= 15 is 0 Å². The van der Waals surface area contributed by atoms with Crippen molar-refractivity contribution in [3.8, 4) is 0 Å². The highest BCUT2D eigenvalue weighted by atomic mass is 16.1. The van der Waals surface area contributed by atoms with Crippen LogP contribution in [0.15, 0.2) is 25.0 Å². The zero-order valence-corrected chi connectivity index (χ0v) is 9.53. The van der Waals surface area contributed by atoms with Crippen molar-refractivity contribution in [1.82, 2.24) is 15.3 Å². The van der Waals surface area contributed by atoms with Gasteiger partial charge in [-0.2, -0.15) is 0 Å². The Labute approximate surface area is 95.0 Å². The van der Waals surface area contributed by atoms with E-state index in [0.29, 0.717) is 18.1 Å². The minimum Gasteiger partial charge on any atom is -0.368 e. The lowest BCUT2D eigenvalue weighted by atomic mass is 10.3. The molecule has 0 unspecified atom stereocenters. The van der Waals surface area contributed by atoms with Crippen LogP contribution in [0.4, 0.5) is 5.82 Å². The molecule has 0 aliphatic heterocycles. The summed E-state index contributed by atoms with van der Waals surface area (Å²) < 4.78 is 0. The van der Waals surface area contributed by atoms with Gasteiger partial charge in [-0.05, 0) is 13.8 Å². The molecule has 0 aliphatic carbocycles. The van der Waals surface area contributed by atoms with Crippen LogP contribution in [-0.4, -0.2) is 28.5 Å². The number of rotatable bonds is 5. The first-order chi connectivity index (χ1) is 7.63. The quantitative estimate of drug-likeness (QED) is 0.732. The van der Waals surface area contributed by atoms with Gasteiger partial charge < -0.3 is 10.6 Å². The standard InChI is InChI=1S/C11H16N4O/c1-4-5-12-11(16)9-6-10(14-7-13-9)15-8(2)3/h4,6-8H,1,5H2,2-3H3,(H,12,16)(H,13,14,15). The van der Waals surface area contributed by atoms with E-state index in [2.05, 4.69) is 27.2 Å². The smallest absolute Gasteiger partial charge is 0.270 e. The van der Waals surface area contributed by atoms with Gasteiger partial charge in [-0.3, -0.25) is 4.79 Å². The fraction of sp³-hybridized carbons (Fsp3) is 0.364. The zero-order chi connectivity index (χ0) is 12.0. The Bertz CT molecular complexity index is 376. The Morgan fingerprint density at radius 1 is 1.56 bits per heavy atom. The topological polar surface area (TPSA) is 66.9 Å². The van der Waals surface area contributed by atoms with Gasteiger partial charge in [0.15, 0.2) is 0 Å². The molecule has 0 saturated heterocycles. The maximum Gasteiger partial charge on any atom is 0.270 e. The summed E-state index contributed by atoms with van der Waals surface area (Å²) in [5, 5.41) is 5.76. The second-order valence-corrected chi connectivity index (χ2v) is 3.59. The predicted molar refractivity (Wildman–Crippen MR) is 63.3 cm³/mol. The van der Waals surface area contributed by atoms with Crippen LogP contribution in [-0.2, 0) is 0 Å². The third-order valence-electron chi connectivity index (χ3n) is 1.74. The summed E-state index contributed by atoms with van der Waals surface area (Å²) in [6, 6.07) is 1.89. The molecular weight excluding hydrogens is 204 g/mol. The van der Waals surface area contributed by atoms with Gasteiger partial charge in [0, 0.05) is 18.7 Å². The summed E-state index contributed by atoms with van der Waals surface area (Å²) in [5.41, 5.74) is 0.347. The van der Waals surface area contributed by atoms with Crippen molar-refractivity contribution in [2.75, 3.05) is 11.9 Å². The number of carbonyl (C=O) groups excluding carboxylic acids is 1. The van der Waals surface area contributed by atoms with Crippen LogP contribution in [0.25, 0.3) is 0 Å². The minimum atomic E-state index is -0.228. The van der Waals surface area contributed by atoms with Crippen LogP contribution in [0.3, 0.4) is 0 Å². The molecule has 16 heavy (non-hydrogen) atoms. The van der Waals surface area contributed by atoms with Gasteiger partial charge in [0.25, 0.3) is 5.91 Å². The van der Waals surface area contributed by atoms with Crippen LogP contribution in [0.1, 0.15) is 24.3 Å². The molecule has 0 saturated carbocycles. The highest BCUT2D eigenvalue weighted by Crippen LogP contribution is 2.05. The molecule has 0 aliphatic rings. The average Bonchev–Trinajstić information content (AvgIpc) is 2.25. The number of nitrogens with zero attached hydrogens (tertiary/aromatic N) is 2. The van der Waals surface area contributed by atoms with E-state index in [-0.39, 0.29) is 11.9 Å². The fourth-order valence-electron chi connectivity index (χ4n) is 1.11. The molecule has 86 valence electrons. The minimum absolute atomic E-state index is 0.228. The summed E-state index contributed by atoms with van der Waals surface area (Å²) in [5.74, 6) is 0.419. The van der Waals surface area contributed by atoms with E-state index in [1.54, 1.807) is 12.1 Å². The number of hydrogen-bond acceptors (Lipinski definition) is 4. The molecule has 1 rings (SSSR count). The molecule has 0 bridgehead atoms. The molecule has 0 spiro atoms. The maximum atomic E-state index is 11.6. The lowest BCUT2D eigenvalue weighted by Gasteiger charge is -2.09. The van der Waals surface area contributed by atoms with Gasteiger partial charge in [0.2, 0.25) is 0 Å². The normalized spacial score (nSPS) is 9.94. The van der Waals surface area contributed by atoms with Gasteiger partial charge in [-0.15, -0.1) is 6.58 Å². The Morgan fingerprint density at radius 2 is 2.31 bits per heavy atom. The number of carbonyl (C=O) groups is 1. The number of aromatic nitrogens is 2. The monoisotopic (exact) mass is 220 g/mol. The lowest BCUT2D eigenvalue weighted by molar-refractivity contribution is 0.0953. The Hall–Kier alpha value is -1.91. The summed E-state index contributed by atoms with van der Waals surface area (Å²) in [4.78, 5) is 19.5. The summed E-state index contributed by atoms with van der Waals surface area (Å²) in [6.07, 6.45) is 2.99. The first-order valence-electron chi connectivity index (χ1n) is 5.11. The highest BCUT2D eigenvalue weighted by molar-refractivity contribution is 5.92. The van der Waals surface area contributed by atoms with Gasteiger partial charge in [-0.25, -0.2) is 9.97 Å². The van der Waals surface area contributed by atoms with E-state index in [1.807, 2.05) is 13.8 Å². The Kier molecular flexibility index (Phi) is 4.44. The van der Waals surface area contributed by atoms with Gasteiger partial charge in [-0.1, -0.05) is 6.08 Å². The third-order valence-corrected chi connectivity index (χ3v) is 1.74. The van der Waals surface area contributed by atoms with Crippen molar-refractivity contribution in [1.29, 1.82) is 0 Å². The van der Waals surface area contributed by atoms with Crippen LogP contribution in [0.5, 0.6) is 0 Å². The van der Waals surface area contributed by atoms with Crippen molar-refractivity contribution in [3.63, 3.8) is 0 Å². The van der Waals surface area contributed by atoms with Crippen molar-refractivity contribution in [2.45, 2.75) is 19.9 Å². The van der Waals surface area contributed by atoms with Crippen molar-refractivity contribution >= 4 is 11.7 Å². The summed E-state index contributed by atoms with van der Waals surface area (Å²) >= 11 is 0. The van der Waals surface area contributed by atoms with Crippen molar-refractivity contribution in [2.24, 2.45) is 0 Å². The lowest BCUT2D eigenvalue weighted by Crippen LogP contribution is -2.24. The number of amides is 1. The Morgan fingerprint density at radius 3 is 2.94 bits per heavy atom. The molecule has 1 aromatic rings. The molecule has 0 atom stereocenters. The van der Waals surface area contributed by atoms with Crippen molar-refractivity contribution in [3.05, 3.63) is 30.7 Å². The summed E-state index contributed by atoms with van der Waals surface area (Å²) in [7, 11) is 0. The second-order valence-electron chi connectivity index (χ2n) is 3.59. The Balaban J connectivity index is 2.73. The van der Waals surface area contributed by atoms with E-state index in [9.17, 15) is 4.79 Å². The average molecular weight is 220 g/mol. The zero-order valence-electron chi connectivity index (χ0n) is 9.53. The second kappa shape index (κ2) is 5.85. The molecule has 5 nitrogen and oxygen atoms in total. The van der Waals surface area contributed by atoms with Crippen LogP contribution in [0.2, 0.25) is 0 Å². The van der Waals surface area contributed by atoms with E-state index < -0.39 is 0 Å². The molecule has 0 fully saturated rings. The molecule has 0 aromatic carbocycles. The highest BCUT2D eigenvalue weighted by Gasteiger charge is 2.07. The van der Waals surface area contributed by atoms with Gasteiger partial charge >= 0.3 is 0 Å². The molecule has 5 heteroatoms. The van der Waals surface area contributed by atoms with Gasteiger partial charge in [0.1, 0.15) is 17.8 Å². The van der Waals surface area contributed by atoms with Crippen LogP contribution >= 0.6 is 0 Å². The van der Waals surface area contributed by atoms with E-state index in [1.165, 1.54) is 6.33 Å².